The number of amides is 2. The van der Waals surface area contributed by atoms with E-state index in [4.69, 9.17) is 4.74 Å². The summed E-state index contributed by atoms with van der Waals surface area (Å²) < 4.78 is 5.74. The van der Waals surface area contributed by atoms with E-state index in [0.29, 0.717) is 6.54 Å². The molecule has 3 atom stereocenters. The molecule has 0 spiro atoms. The van der Waals surface area contributed by atoms with Crippen molar-refractivity contribution in [2.45, 2.75) is 65.3 Å². The third-order valence-corrected chi connectivity index (χ3v) is 3.78. The van der Waals surface area contributed by atoms with Gasteiger partial charge in [0.25, 0.3) is 0 Å². The standard InChI is InChI=1S/C15H29N3O3/c1-10-7-18(8-11(2)21-10)15(5,6)9-16-14(20)12(3)17-13(4)19/h10-12H,7-9H2,1-6H3,(H,16,20)(H,17,19). The molecule has 1 aliphatic rings. The van der Waals surface area contributed by atoms with Gasteiger partial charge in [0.2, 0.25) is 11.8 Å². The van der Waals surface area contributed by atoms with Gasteiger partial charge in [0, 0.05) is 32.1 Å². The Bertz CT molecular complexity index is 374. The maximum absolute atomic E-state index is 12.0. The minimum Gasteiger partial charge on any atom is -0.373 e. The molecule has 1 saturated heterocycles. The molecule has 2 N–H and O–H groups in total. The van der Waals surface area contributed by atoms with Crippen molar-refractivity contribution in [3.05, 3.63) is 0 Å². The number of ether oxygens (including phenoxy) is 1. The van der Waals surface area contributed by atoms with Crippen molar-refractivity contribution in [3.8, 4) is 0 Å². The van der Waals surface area contributed by atoms with Crippen molar-refractivity contribution < 1.29 is 14.3 Å². The SMILES string of the molecule is CC(=O)NC(C)C(=O)NCC(C)(C)N1CC(C)OC(C)C1. The quantitative estimate of drug-likeness (QED) is 0.776. The first-order valence-corrected chi connectivity index (χ1v) is 7.57. The van der Waals surface area contributed by atoms with Gasteiger partial charge in [-0.15, -0.1) is 0 Å². The lowest BCUT2D eigenvalue weighted by Crippen LogP contribution is -2.59. The van der Waals surface area contributed by atoms with Gasteiger partial charge in [0.15, 0.2) is 0 Å². The molecule has 0 radical (unpaired) electrons. The van der Waals surface area contributed by atoms with Gasteiger partial charge in [-0.1, -0.05) is 0 Å². The smallest absolute Gasteiger partial charge is 0.242 e. The van der Waals surface area contributed by atoms with Gasteiger partial charge in [-0.05, 0) is 34.6 Å². The molecule has 1 fully saturated rings. The summed E-state index contributed by atoms with van der Waals surface area (Å²) in [5.41, 5.74) is -0.155. The Morgan fingerprint density at radius 3 is 2.29 bits per heavy atom. The fourth-order valence-corrected chi connectivity index (χ4v) is 2.61. The Hall–Kier alpha value is -1.14. The molecule has 0 aromatic rings. The van der Waals surface area contributed by atoms with Gasteiger partial charge < -0.3 is 15.4 Å². The van der Waals surface area contributed by atoms with Gasteiger partial charge >= 0.3 is 0 Å². The maximum atomic E-state index is 12.0. The molecule has 1 rings (SSSR count). The number of rotatable bonds is 5. The average molecular weight is 299 g/mol. The zero-order valence-corrected chi connectivity index (χ0v) is 14.0. The van der Waals surface area contributed by atoms with Crippen LogP contribution >= 0.6 is 0 Å². The highest BCUT2D eigenvalue weighted by Crippen LogP contribution is 2.20. The molecular formula is C15H29N3O3. The molecule has 2 amide bonds. The number of carbonyl (C=O) groups is 2. The minimum absolute atomic E-state index is 0.155. The number of hydrogen-bond acceptors (Lipinski definition) is 4. The van der Waals surface area contributed by atoms with Gasteiger partial charge in [-0.25, -0.2) is 0 Å². The van der Waals surface area contributed by atoms with Crippen LogP contribution in [0.2, 0.25) is 0 Å². The minimum atomic E-state index is -0.513. The average Bonchev–Trinajstić information content (AvgIpc) is 2.34. The molecule has 0 bridgehead atoms. The van der Waals surface area contributed by atoms with Crippen molar-refractivity contribution in [1.29, 1.82) is 0 Å². The van der Waals surface area contributed by atoms with Crippen molar-refractivity contribution in [1.82, 2.24) is 15.5 Å². The van der Waals surface area contributed by atoms with Crippen molar-refractivity contribution in [3.63, 3.8) is 0 Å². The van der Waals surface area contributed by atoms with Gasteiger partial charge in [-0.3, -0.25) is 14.5 Å². The Kier molecular flexibility index (Phi) is 6.16. The van der Waals surface area contributed by atoms with Gasteiger partial charge in [-0.2, -0.15) is 0 Å². The molecule has 6 heteroatoms. The number of hydrogen-bond donors (Lipinski definition) is 2. The lowest BCUT2D eigenvalue weighted by Gasteiger charge is -2.45. The van der Waals surface area contributed by atoms with E-state index in [1.807, 2.05) is 0 Å². The molecular weight excluding hydrogens is 270 g/mol. The number of morpholine rings is 1. The van der Waals surface area contributed by atoms with Crippen LogP contribution in [0.4, 0.5) is 0 Å². The molecule has 1 aliphatic heterocycles. The first-order valence-electron chi connectivity index (χ1n) is 7.57. The van der Waals surface area contributed by atoms with Crippen molar-refractivity contribution in [2.75, 3.05) is 19.6 Å². The van der Waals surface area contributed by atoms with Crippen LogP contribution in [0.5, 0.6) is 0 Å². The zero-order valence-electron chi connectivity index (χ0n) is 14.0. The Balaban J connectivity index is 2.52. The van der Waals surface area contributed by atoms with Crippen molar-refractivity contribution in [2.24, 2.45) is 0 Å². The van der Waals surface area contributed by atoms with Crippen LogP contribution in [0.1, 0.15) is 41.5 Å². The van der Waals surface area contributed by atoms with E-state index in [-0.39, 0.29) is 29.6 Å². The summed E-state index contributed by atoms with van der Waals surface area (Å²) in [5.74, 6) is -0.361. The second-order valence-corrected chi connectivity index (χ2v) is 6.61. The molecule has 6 nitrogen and oxygen atoms in total. The molecule has 1 heterocycles. The number of carbonyl (C=O) groups excluding carboxylic acids is 2. The van der Waals surface area contributed by atoms with E-state index in [9.17, 15) is 9.59 Å². The monoisotopic (exact) mass is 299 g/mol. The normalized spacial score (nSPS) is 25.2. The summed E-state index contributed by atoms with van der Waals surface area (Å²) in [6, 6.07) is -0.513. The second-order valence-electron chi connectivity index (χ2n) is 6.61. The number of nitrogens with one attached hydrogen (secondary N) is 2. The largest absolute Gasteiger partial charge is 0.373 e. The fourth-order valence-electron chi connectivity index (χ4n) is 2.61. The highest BCUT2D eigenvalue weighted by Gasteiger charge is 2.33. The van der Waals surface area contributed by atoms with Gasteiger partial charge in [0.1, 0.15) is 6.04 Å². The summed E-state index contributed by atoms with van der Waals surface area (Å²) in [6.07, 6.45) is 0.393. The first kappa shape index (κ1) is 17.9. The van der Waals surface area contributed by atoms with Gasteiger partial charge in [0.05, 0.1) is 12.2 Å². The zero-order chi connectivity index (χ0) is 16.2. The fraction of sp³-hybridized carbons (Fsp3) is 0.867. The van der Waals surface area contributed by atoms with E-state index in [2.05, 4.69) is 43.2 Å². The maximum Gasteiger partial charge on any atom is 0.242 e. The molecule has 3 unspecified atom stereocenters. The van der Waals surface area contributed by atoms with Crippen LogP contribution in [0.3, 0.4) is 0 Å². The molecule has 0 aromatic heterocycles. The summed E-state index contributed by atoms with van der Waals surface area (Å²) >= 11 is 0. The van der Waals surface area contributed by atoms with Crippen LogP contribution in [-0.4, -0.2) is 60.1 Å². The highest BCUT2D eigenvalue weighted by molar-refractivity contribution is 5.86. The Morgan fingerprint density at radius 2 is 1.81 bits per heavy atom. The lowest BCUT2D eigenvalue weighted by molar-refractivity contribution is -0.128. The summed E-state index contributed by atoms with van der Waals surface area (Å²) in [6.45, 7) is 13.7. The molecule has 0 aromatic carbocycles. The van der Waals surface area contributed by atoms with Crippen LogP contribution in [0, 0.1) is 0 Å². The van der Waals surface area contributed by atoms with Crippen LogP contribution < -0.4 is 10.6 Å². The van der Waals surface area contributed by atoms with Crippen molar-refractivity contribution >= 4 is 11.8 Å². The Morgan fingerprint density at radius 1 is 1.29 bits per heavy atom. The van der Waals surface area contributed by atoms with Crippen LogP contribution in [0.25, 0.3) is 0 Å². The predicted molar refractivity (Wildman–Crippen MR) is 81.9 cm³/mol. The lowest BCUT2D eigenvalue weighted by atomic mass is 10.00. The molecule has 0 saturated carbocycles. The predicted octanol–water partition coefficient (Wildman–Crippen LogP) is 0.515. The first-order chi connectivity index (χ1) is 9.61. The number of nitrogens with zero attached hydrogens (tertiary/aromatic N) is 1. The second kappa shape index (κ2) is 7.22. The summed E-state index contributed by atoms with van der Waals surface area (Å²) in [7, 11) is 0. The molecule has 21 heavy (non-hydrogen) atoms. The highest BCUT2D eigenvalue weighted by atomic mass is 16.5. The topological polar surface area (TPSA) is 70.7 Å². The van der Waals surface area contributed by atoms with Crippen LogP contribution in [0.15, 0.2) is 0 Å². The third-order valence-electron chi connectivity index (χ3n) is 3.78. The molecule has 0 aliphatic carbocycles. The van der Waals surface area contributed by atoms with E-state index in [1.54, 1.807) is 6.92 Å². The third kappa shape index (κ3) is 5.63. The molecule has 122 valence electrons. The van der Waals surface area contributed by atoms with E-state index < -0.39 is 6.04 Å². The van der Waals surface area contributed by atoms with E-state index in [1.165, 1.54) is 6.92 Å². The van der Waals surface area contributed by atoms with Crippen LogP contribution in [-0.2, 0) is 14.3 Å². The van der Waals surface area contributed by atoms with E-state index >= 15 is 0 Å². The summed E-state index contributed by atoms with van der Waals surface area (Å²) in [5, 5.41) is 5.51. The Labute approximate surface area is 127 Å². The summed E-state index contributed by atoms with van der Waals surface area (Å²) in [4.78, 5) is 25.3. The van der Waals surface area contributed by atoms with E-state index in [0.717, 1.165) is 13.1 Å².